The monoisotopic (exact) mass is 198 g/mol. The average Bonchev–Trinajstić information content (AvgIpc) is 2.66. The third kappa shape index (κ3) is 2.27. The molecule has 1 heterocycles. The Morgan fingerprint density at radius 2 is 2.21 bits per heavy atom. The Kier molecular flexibility index (Phi) is 3.42. The van der Waals surface area contributed by atoms with Crippen LogP contribution in [0.3, 0.4) is 0 Å². The summed E-state index contributed by atoms with van der Waals surface area (Å²) in [7, 11) is 2.08. The minimum Gasteiger partial charge on any atom is -0.376 e. The summed E-state index contributed by atoms with van der Waals surface area (Å²) in [5.74, 6) is 0. The molecule has 2 fully saturated rings. The lowest BCUT2D eigenvalue weighted by molar-refractivity contribution is -0.0332. The zero-order valence-electron chi connectivity index (χ0n) is 9.33. The first-order chi connectivity index (χ1) is 6.79. The van der Waals surface area contributed by atoms with Crippen molar-refractivity contribution in [3.8, 4) is 0 Å². The molecule has 1 saturated heterocycles. The molecule has 0 amide bonds. The highest BCUT2D eigenvalue weighted by molar-refractivity contribution is 4.87. The lowest BCUT2D eigenvalue weighted by Gasteiger charge is -2.35. The van der Waals surface area contributed by atoms with Crippen LogP contribution in [0.15, 0.2) is 0 Å². The van der Waals surface area contributed by atoms with Crippen LogP contribution in [0.2, 0.25) is 0 Å². The zero-order valence-corrected chi connectivity index (χ0v) is 9.33. The SMILES string of the molecule is CNC1CCC(N2CCOC(C)C2)C1. The van der Waals surface area contributed by atoms with Crippen LogP contribution in [0.1, 0.15) is 26.2 Å². The van der Waals surface area contributed by atoms with Crippen molar-refractivity contribution < 1.29 is 4.74 Å². The fourth-order valence-electron chi connectivity index (χ4n) is 2.73. The van der Waals surface area contributed by atoms with Crippen LogP contribution in [0, 0.1) is 0 Å². The van der Waals surface area contributed by atoms with Crippen molar-refractivity contribution >= 4 is 0 Å². The van der Waals surface area contributed by atoms with E-state index in [4.69, 9.17) is 4.74 Å². The molecule has 3 heteroatoms. The van der Waals surface area contributed by atoms with E-state index in [1.54, 1.807) is 0 Å². The summed E-state index contributed by atoms with van der Waals surface area (Å²) in [5, 5.41) is 3.39. The lowest BCUT2D eigenvalue weighted by Crippen LogP contribution is -2.46. The molecule has 0 spiro atoms. The maximum atomic E-state index is 5.56. The van der Waals surface area contributed by atoms with E-state index in [0.29, 0.717) is 6.10 Å². The van der Waals surface area contributed by atoms with Crippen molar-refractivity contribution in [2.75, 3.05) is 26.7 Å². The molecule has 3 unspecified atom stereocenters. The Morgan fingerprint density at radius 3 is 2.86 bits per heavy atom. The normalized spacial score (nSPS) is 40.3. The number of hydrogen-bond donors (Lipinski definition) is 1. The second-order valence-electron chi connectivity index (χ2n) is 4.63. The quantitative estimate of drug-likeness (QED) is 0.712. The van der Waals surface area contributed by atoms with Gasteiger partial charge in [-0.15, -0.1) is 0 Å². The second kappa shape index (κ2) is 4.60. The minimum atomic E-state index is 0.428. The van der Waals surface area contributed by atoms with Crippen molar-refractivity contribution in [1.82, 2.24) is 10.2 Å². The summed E-state index contributed by atoms with van der Waals surface area (Å²) in [5.41, 5.74) is 0. The van der Waals surface area contributed by atoms with Gasteiger partial charge in [0.2, 0.25) is 0 Å². The van der Waals surface area contributed by atoms with Crippen LogP contribution in [0.4, 0.5) is 0 Å². The molecule has 1 aliphatic carbocycles. The van der Waals surface area contributed by atoms with E-state index < -0.39 is 0 Å². The summed E-state index contributed by atoms with van der Waals surface area (Å²) < 4.78 is 5.56. The molecule has 2 rings (SSSR count). The molecular weight excluding hydrogens is 176 g/mol. The molecule has 1 N–H and O–H groups in total. The summed E-state index contributed by atoms with van der Waals surface area (Å²) in [6, 6.07) is 1.55. The first-order valence-electron chi connectivity index (χ1n) is 5.82. The van der Waals surface area contributed by atoms with Crippen molar-refractivity contribution in [1.29, 1.82) is 0 Å². The molecule has 1 saturated carbocycles. The fourth-order valence-corrected chi connectivity index (χ4v) is 2.73. The molecule has 2 aliphatic rings. The van der Waals surface area contributed by atoms with Crippen molar-refractivity contribution in [3.05, 3.63) is 0 Å². The van der Waals surface area contributed by atoms with Crippen LogP contribution in [-0.2, 0) is 4.74 Å². The predicted molar refractivity (Wildman–Crippen MR) is 57.5 cm³/mol. The molecule has 0 aromatic carbocycles. The fraction of sp³-hybridized carbons (Fsp3) is 1.00. The standard InChI is InChI=1S/C11H22N2O/c1-9-8-13(5-6-14-9)11-4-3-10(7-11)12-2/h9-12H,3-8H2,1-2H3. The van der Waals surface area contributed by atoms with E-state index in [0.717, 1.165) is 31.8 Å². The zero-order chi connectivity index (χ0) is 9.97. The van der Waals surface area contributed by atoms with Gasteiger partial charge in [-0.3, -0.25) is 4.90 Å². The molecular formula is C11H22N2O. The molecule has 0 radical (unpaired) electrons. The van der Waals surface area contributed by atoms with Gasteiger partial charge >= 0.3 is 0 Å². The van der Waals surface area contributed by atoms with E-state index in [1.807, 2.05) is 0 Å². The van der Waals surface area contributed by atoms with Gasteiger partial charge in [-0.25, -0.2) is 0 Å². The molecule has 14 heavy (non-hydrogen) atoms. The topological polar surface area (TPSA) is 24.5 Å². The van der Waals surface area contributed by atoms with Crippen LogP contribution < -0.4 is 5.32 Å². The maximum absolute atomic E-state index is 5.56. The summed E-state index contributed by atoms with van der Waals surface area (Å²) in [4.78, 5) is 2.62. The largest absolute Gasteiger partial charge is 0.376 e. The van der Waals surface area contributed by atoms with E-state index >= 15 is 0 Å². The third-order valence-corrected chi connectivity index (χ3v) is 3.60. The number of hydrogen-bond acceptors (Lipinski definition) is 3. The Balaban J connectivity index is 1.83. The molecule has 3 nitrogen and oxygen atoms in total. The van der Waals surface area contributed by atoms with Crippen LogP contribution in [0.25, 0.3) is 0 Å². The number of nitrogens with one attached hydrogen (secondary N) is 1. The molecule has 3 atom stereocenters. The van der Waals surface area contributed by atoms with E-state index in [1.165, 1.54) is 19.3 Å². The molecule has 1 aliphatic heterocycles. The number of morpholine rings is 1. The Morgan fingerprint density at radius 1 is 1.36 bits per heavy atom. The second-order valence-corrected chi connectivity index (χ2v) is 4.63. The Labute approximate surface area is 86.8 Å². The van der Waals surface area contributed by atoms with Gasteiger partial charge in [-0.2, -0.15) is 0 Å². The molecule has 0 bridgehead atoms. The van der Waals surface area contributed by atoms with Gasteiger partial charge in [0.15, 0.2) is 0 Å². The van der Waals surface area contributed by atoms with Gasteiger partial charge in [-0.1, -0.05) is 0 Å². The minimum absolute atomic E-state index is 0.428. The van der Waals surface area contributed by atoms with Gasteiger partial charge in [0, 0.05) is 25.2 Å². The highest BCUT2D eigenvalue weighted by Gasteiger charge is 2.30. The van der Waals surface area contributed by atoms with Gasteiger partial charge < -0.3 is 10.1 Å². The summed E-state index contributed by atoms with van der Waals surface area (Å²) >= 11 is 0. The molecule has 0 aromatic heterocycles. The Bertz CT molecular complexity index is 186. The summed E-state index contributed by atoms with van der Waals surface area (Å²) in [6.45, 7) is 5.35. The van der Waals surface area contributed by atoms with Crippen LogP contribution >= 0.6 is 0 Å². The van der Waals surface area contributed by atoms with Gasteiger partial charge in [0.05, 0.1) is 12.7 Å². The van der Waals surface area contributed by atoms with E-state index in [2.05, 4.69) is 24.2 Å². The molecule has 0 aromatic rings. The third-order valence-electron chi connectivity index (χ3n) is 3.60. The highest BCUT2D eigenvalue weighted by Crippen LogP contribution is 2.25. The van der Waals surface area contributed by atoms with Gasteiger partial charge in [0.1, 0.15) is 0 Å². The van der Waals surface area contributed by atoms with Crippen molar-refractivity contribution in [2.45, 2.75) is 44.4 Å². The lowest BCUT2D eigenvalue weighted by atomic mass is 10.1. The Hall–Kier alpha value is -0.120. The van der Waals surface area contributed by atoms with Crippen molar-refractivity contribution in [2.24, 2.45) is 0 Å². The number of nitrogens with zero attached hydrogens (tertiary/aromatic N) is 1. The molecule has 82 valence electrons. The first kappa shape index (κ1) is 10.4. The summed E-state index contributed by atoms with van der Waals surface area (Å²) in [6.07, 6.45) is 4.45. The maximum Gasteiger partial charge on any atom is 0.0674 e. The predicted octanol–water partition coefficient (Wildman–Crippen LogP) is 0.848. The highest BCUT2D eigenvalue weighted by atomic mass is 16.5. The van der Waals surface area contributed by atoms with Gasteiger partial charge in [-0.05, 0) is 33.2 Å². The van der Waals surface area contributed by atoms with Gasteiger partial charge in [0.25, 0.3) is 0 Å². The smallest absolute Gasteiger partial charge is 0.0674 e. The first-order valence-corrected chi connectivity index (χ1v) is 5.82. The van der Waals surface area contributed by atoms with E-state index in [9.17, 15) is 0 Å². The van der Waals surface area contributed by atoms with Crippen LogP contribution in [0.5, 0.6) is 0 Å². The number of rotatable bonds is 2. The van der Waals surface area contributed by atoms with Crippen molar-refractivity contribution in [3.63, 3.8) is 0 Å². The van der Waals surface area contributed by atoms with Crippen LogP contribution in [-0.4, -0.2) is 49.8 Å². The van der Waals surface area contributed by atoms with E-state index in [-0.39, 0.29) is 0 Å². The average molecular weight is 198 g/mol. The number of ether oxygens (including phenoxy) is 1.